The van der Waals surface area contributed by atoms with E-state index in [-0.39, 0.29) is 12.5 Å². The molecule has 5 heteroatoms. The number of hydrogen-bond donors (Lipinski definition) is 2. The molecule has 0 aliphatic heterocycles. The third-order valence-electron chi connectivity index (χ3n) is 2.66. The zero-order valence-electron chi connectivity index (χ0n) is 11.3. The second-order valence-corrected chi connectivity index (χ2v) is 4.90. The van der Waals surface area contributed by atoms with Gasteiger partial charge in [-0.25, -0.2) is 0 Å². The molecule has 0 fully saturated rings. The van der Waals surface area contributed by atoms with Crippen molar-refractivity contribution in [3.05, 3.63) is 29.8 Å². The van der Waals surface area contributed by atoms with Crippen molar-refractivity contribution >= 4 is 12.2 Å². The number of ether oxygens (including phenoxy) is 1. The lowest BCUT2D eigenvalue weighted by atomic mass is 9.93. The minimum Gasteiger partial charge on any atom is -0.492 e. The fourth-order valence-corrected chi connectivity index (χ4v) is 1.40. The molecule has 0 saturated heterocycles. The summed E-state index contributed by atoms with van der Waals surface area (Å²) < 4.78 is 5.56. The molecule has 5 nitrogen and oxygen atoms in total. The summed E-state index contributed by atoms with van der Waals surface area (Å²) in [6.45, 7) is 4.73. The molecular weight excluding hydrogens is 244 g/mol. The lowest BCUT2D eigenvalue weighted by Gasteiger charge is -2.23. The van der Waals surface area contributed by atoms with Crippen molar-refractivity contribution in [1.82, 2.24) is 5.32 Å². The predicted molar refractivity (Wildman–Crippen MR) is 73.2 cm³/mol. The Morgan fingerprint density at radius 2 is 2.00 bits per heavy atom. The van der Waals surface area contributed by atoms with Crippen LogP contribution in [0.1, 0.15) is 24.2 Å². The van der Waals surface area contributed by atoms with Gasteiger partial charge in [-0.15, -0.1) is 0 Å². The van der Waals surface area contributed by atoms with Crippen LogP contribution in [0.3, 0.4) is 0 Å². The van der Waals surface area contributed by atoms with E-state index in [1.807, 2.05) is 0 Å². The molecule has 0 bridgehead atoms. The number of aldehydes is 1. The molecule has 0 unspecified atom stereocenters. The molecular formula is C14H20N2O3. The van der Waals surface area contributed by atoms with Gasteiger partial charge in [-0.2, -0.15) is 0 Å². The Labute approximate surface area is 113 Å². The molecule has 1 rings (SSSR count). The summed E-state index contributed by atoms with van der Waals surface area (Å²) in [6.07, 6.45) is 0.772. The fraction of sp³-hybridized carbons (Fsp3) is 0.429. The first-order valence-corrected chi connectivity index (χ1v) is 6.16. The van der Waals surface area contributed by atoms with E-state index in [4.69, 9.17) is 10.5 Å². The Balaban J connectivity index is 2.53. The van der Waals surface area contributed by atoms with Gasteiger partial charge in [-0.05, 0) is 38.1 Å². The summed E-state index contributed by atoms with van der Waals surface area (Å²) in [5, 5.41) is 2.74. The molecule has 1 aromatic carbocycles. The second kappa shape index (κ2) is 6.89. The molecule has 1 amide bonds. The summed E-state index contributed by atoms with van der Waals surface area (Å²) in [4.78, 5) is 22.4. The maximum atomic E-state index is 11.9. The maximum absolute atomic E-state index is 11.9. The van der Waals surface area contributed by atoms with Crippen LogP contribution in [0.2, 0.25) is 0 Å². The molecule has 0 spiro atoms. The monoisotopic (exact) mass is 264 g/mol. The van der Waals surface area contributed by atoms with Crippen molar-refractivity contribution in [2.75, 3.05) is 19.7 Å². The summed E-state index contributed by atoms with van der Waals surface area (Å²) in [5.41, 5.74) is 5.29. The van der Waals surface area contributed by atoms with Crippen LogP contribution in [0.15, 0.2) is 24.3 Å². The number of rotatable bonds is 7. The van der Waals surface area contributed by atoms with Gasteiger partial charge in [0, 0.05) is 18.7 Å². The summed E-state index contributed by atoms with van der Waals surface area (Å²) >= 11 is 0. The number of carbonyl (C=O) groups is 2. The third kappa shape index (κ3) is 4.71. The molecule has 104 valence electrons. The highest BCUT2D eigenvalue weighted by molar-refractivity contribution is 5.82. The van der Waals surface area contributed by atoms with Crippen molar-refractivity contribution in [3.63, 3.8) is 0 Å². The molecule has 0 saturated carbocycles. The summed E-state index contributed by atoms with van der Waals surface area (Å²) in [5.74, 6) is 0.535. The topological polar surface area (TPSA) is 81.4 Å². The average Bonchev–Trinajstić information content (AvgIpc) is 2.43. The van der Waals surface area contributed by atoms with E-state index >= 15 is 0 Å². The highest BCUT2D eigenvalue weighted by atomic mass is 16.5. The Kier molecular flexibility index (Phi) is 5.51. The molecule has 0 aliphatic carbocycles. The molecule has 0 aliphatic rings. The minimum absolute atomic E-state index is 0.0949. The van der Waals surface area contributed by atoms with Gasteiger partial charge in [0.2, 0.25) is 5.91 Å². The van der Waals surface area contributed by atoms with Gasteiger partial charge in [-0.1, -0.05) is 0 Å². The maximum Gasteiger partial charge on any atom is 0.229 e. The highest BCUT2D eigenvalue weighted by Crippen LogP contribution is 2.19. The first-order valence-electron chi connectivity index (χ1n) is 6.16. The minimum atomic E-state index is -0.640. The predicted octanol–water partition coefficient (Wildman–Crippen LogP) is 0.979. The van der Waals surface area contributed by atoms with Gasteiger partial charge in [0.15, 0.2) is 0 Å². The molecule has 0 radical (unpaired) electrons. The first kappa shape index (κ1) is 15.2. The zero-order valence-corrected chi connectivity index (χ0v) is 11.3. The van der Waals surface area contributed by atoms with Gasteiger partial charge < -0.3 is 15.8 Å². The van der Waals surface area contributed by atoms with Crippen molar-refractivity contribution < 1.29 is 14.3 Å². The Bertz CT molecular complexity index is 427. The quantitative estimate of drug-likeness (QED) is 0.719. The van der Waals surface area contributed by atoms with E-state index in [2.05, 4.69) is 5.32 Å². The van der Waals surface area contributed by atoms with Crippen LogP contribution in [0.5, 0.6) is 5.75 Å². The summed E-state index contributed by atoms with van der Waals surface area (Å²) in [7, 11) is 0. The normalized spacial score (nSPS) is 10.9. The largest absolute Gasteiger partial charge is 0.492 e. The number of nitrogens with two attached hydrogens (primary N) is 1. The first-order chi connectivity index (χ1) is 8.99. The van der Waals surface area contributed by atoms with Gasteiger partial charge in [-0.3, -0.25) is 9.59 Å². The number of hydrogen-bond acceptors (Lipinski definition) is 4. The van der Waals surface area contributed by atoms with Crippen LogP contribution in [-0.4, -0.2) is 31.9 Å². The molecule has 0 heterocycles. The van der Waals surface area contributed by atoms with Gasteiger partial charge in [0.05, 0.1) is 5.41 Å². The number of carbonyl (C=O) groups excluding carboxylic acids is 2. The third-order valence-corrected chi connectivity index (χ3v) is 2.66. The standard InChI is InChI=1S/C14H20N2O3/c1-14(2,13(18)16-8-7-15)10-19-12-5-3-11(9-17)4-6-12/h3-6,9H,7-8,10,15H2,1-2H3,(H,16,18). The fourth-order valence-electron chi connectivity index (χ4n) is 1.40. The Hall–Kier alpha value is -1.88. The lowest BCUT2D eigenvalue weighted by Crippen LogP contribution is -2.42. The van der Waals surface area contributed by atoms with Crippen molar-refractivity contribution in [3.8, 4) is 5.75 Å². The molecule has 0 atom stereocenters. The molecule has 0 aromatic heterocycles. The van der Waals surface area contributed by atoms with E-state index in [9.17, 15) is 9.59 Å². The van der Waals surface area contributed by atoms with E-state index in [0.717, 1.165) is 6.29 Å². The lowest BCUT2D eigenvalue weighted by molar-refractivity contribution is -0.130. The number of amides is 1. The highest BCUT2D eigenvalue weighted by Gasteiger charge is 2.28. The van der Waals surface area contributed by atoms with E-state index in [0.29, 0.717) is 24.4 Å². The number of benzene rings is 1. The van der Waals surface area contributed by atoms with Gasteiger partial charge in [0.1, 0.15) is 18.6 Å². The van der Waals surface area contributed by atoms with E-state index in [1.165, 1.54) is 0 Å². The van der Waals surface area contributed by atoms with Crippen LogP contribution in [0, 0.1) is 5.41 Å². The van der Waals surface area contributed by atoms with E-state index in [1.54, 1.807) is 38.1 Å². The van der Waals surface area contributed by atoms with Crippen LogP contribution in [-0.2, 0) is 4.79 Å². The summed E-state index contributed by atoms with van der Waals surface area (Å²) in [6, 6.07) is 6.75. The Morgan fingerprint density at radius 1 is 1.37 bits per heavy atom. The smallest absolute Gasteiger partial charge is 0.229 e. The molecule has 3 N–H and O–H groups in total. The van der Waals surface area contributed by atoms with Crippen LogP contribution in [0.25, 0.3) is 0 Å². The SMILES string of the molecule is CC(C)(COc1ccc(C=O)cc1)C(=O)NCCN. The molecule has 1 aromatic rings. The van der Waals surface area contributed by atoms with E-state index < -0.39 is 5.41 Å². The second-order valence-electron chi connectivity index (χ2n) is 4.90. The van der Waals surface area contributed by atoms with Crippen LogP contribution >= 0.6 is 0 Å². The van der Waals surface area contributed by atoms with Crippen LogP contribution in [0.4, 0.5) is 0 Å². The van der Waals surface area contributed by atoms with Crippen molar-refractivity contribution in [1.29, 1.82) is 0 Å². The number of nitrogens with one attached hydrogen (secondary N) is 1. The van der Waals surface area contributed by atoms with Crippen LogP contribution < -0.4 is 15.8 Å². The average molecular weight is 264 g/mol. The zero-order chi connectivity index (χ0) is 14.3. The van der Waals surface area contributed by atoms with Crippen molar-refractivity contribution in [2.45, 2.75) is 13.8 Å². The van der Waals surface area contributed by atoms with Crippen molar-refractivity contribution in [2.24, 2.45) is 11.1 Å². The van der Waals surface area contributed by atoms with Gasteiger partial charge in [0.25, 0.3) is 0 Å². The van der Waals surface area contributed by atoms with Gasteiger partial charge >= 0.3 is 0 Å². The molecule has 19 heavy (non-hydrogen) atoms. The Morgan fingerprint density at radius 3 is 2.53 bits per heavy atom.